The molecule has 122 valence electrons. The first-order valence-electron chi connectivity index (χ1n) is 7.31. The minimum absolute atomic E-state index is 0.0117. The Bertz CT molecular complexity index is 676. The van der Waals surface area contributed by atoms with Gasteiger partial charge >= 0.3 is 0 Å². The van der Waals surface area contributed by atoms with Gasteiger partial charge in [-0.05, 0) is 43.7 Å². The Hall–Kier alpha value is -2.47. The lowest BCUT2D eigenvalue weighted by Crippen LogP contribution is -2.29. The number of halogens is 1. The van der Waals surface area contributed by atoms with Crippen molar-refractivity contribution in [2.45, 2.75) is 26.1 Å². The van der Waals surface area contributed by atoms with Crippen molar-refractivity contribution >= 4 is 5.91 Å². The maximum absolute atomic E-state index is 13.0. The van der Waals surface area contributed by atoms with Gasteiger partial charge in [0, 0.05) is 6.54 Å². The molecule has 0 aliphatic heterocycles. The van der Waals surface area contributed by atoms with Crippen LogP contribution >= 0.6 is 0 Å². The van der Waals surface area contributed by atoms with Gasteiger partial charge in [-0.1, -0.05) is 18.2 Å². The molecule has 0 spiro atoms. The maximum Gasteiger partial charge on any atom is 0.270 e. The molecule has 5 nitrogen and oxygen atoms in total. The van der Waals surface area contributed by atoms with Gasteiger partial charge in [0.25, 0.3) is 5.91 Å². The number of benzene rings is 1. The zero-order valence-electron chi connectivity index (χ0n) is 13.0. The van der Waals surface area contributed by atoms with Crippen LogP contribution in [0.25, 0.3) is 0 Å². The van der Waals surface area contributed by atoms with Crippen molar-refractivity contribution in [3.05, 3.63) is 59.7 Å². The molecule has 0 saturated heterocycles. The number of carbonyl (C=O) groups is 1. The molecular weight excluding hydrogens is 299 g/mol. The van der Waals surface area contributed by atoms with Crippen molar-refractivity contribution in [1.29, 1.82) is 0 Å². The molecule has 1 unspecified atom stereocenters. The third-order valence-electron chi connectivity index (χ3n) is 3.02. The number of nitrogens with one attached hydrogen (secondary N) is 1. The van der Waals surface area contributed by atoms with Crippen LogP contribution in [-0.4, -0.2) is 28.6 Å². The summed E-state index contributed by atoms with van der Waals surface area (Å²) in [4.78, 5) is 15.4. The van der Waals surface area contributed by atoms with Crippen LogP contribution in [0.1, 0.15) is 36.0 Å². The molecule has 1 aromatic heterocycles. The van der Waals surface area contributed by atoms with Crippen LogP contribution in [-0.2, 0) is 0 Å². The molecule has 0 aliphatic carbocycles. The summed E-state index contributed by atoms with van der Waals surface area (Å²) < 4.78 is 18.5. The first kappa shape index (κ1) is 16.9. The molecule has 23 heavy (non-hydrogen) atoms. The average molecular weight is 318 g/mol. The summed E-state index contributed by atoms with van der Waals surface area (Å²) in [5.41, 5.74) is 0.588. The number of ether oxygens (including phenoxy) is 1. The summed E-state index contributed by atoms with van der Waals surface area (Å²) in [5.74, 6) is -0.621. The van der Waals surface area contributed by atoms with E-state index in [0.29, 0.717) is 11.3 Å². The highest BCUT2D eigenvalue weighted by molar-refractivity contribution is 5.92. The molecule has 1 aromatic carbocycles. The third kappa shape index (κ3) is 5.03. The van der Waals surface area contributed by atoms with E-state index in [-0.39, 0.29) is 18.3 Å². The summed E-state index contributed by atoms with van der Waals surface area (Å²) in [6.45, 7) is 3.81. The fourth-order valence-electron chi connectivity index (χ4n) is 2.00. The van der Waals surface area contributed by atoms with Crippen LogP contribution in [0.5, 0.6) is 5.75 Å². The predicted octanol–water partition coefficient (Wildman–Crippen LogP) is 2.47. The summed E-state index contributed by atoms with van der Waals surface area (Å²) in [6, 6.07) is 11.0. The number of aliphatic hydroxyl groups excluding tert-OH is 1. The van der Waals surface area contributed by atoms with Crippen molar-refractivity contribution in [3.8, 4) is 5.75 Å². The first-order chi connectivity index (χ1) is 11.0. The second-order valence-corrected chi connectivity index (χ2v) is 5.31. The third-order valence-corrected chi connectivity index (χ3v) is 3.02. The van der Waals surface area contributed by atoms with Crippen molar-refractivity contribution in [3.63, 3.8) is 0 Å². The van der Waals surface area contributed by atoms with Gasteiger partial charge < -0.3 is 15.2 Å². The number of hydrogen-bond acceptors (Lipinski definition) is 4. The zero-order valence-corrected chi connectivity index (χ0v) is 13.0. The molecule has 6 heteroatoms. The molecule has 0 fully saturated rings. The van der Waals surface area contributed by atoms with Gasteiger partial charge in [-0.25, -0.2) is 4.98 Å². The molecule has 1 heterocycles. The first-order valence-corrected chi connectivity index (χ1v) is 7.31. The fourth-order valence-corrected chi connectivity index (χ4v) is 2.00. The van der Waals surface area contributed by atoms with Crippen LogP contribution in [0, 0.1) is 5.95 Å². The molecule has 0 bridgehead atoms. The van der Waals surface area contributed by atoms with Crippen molar-refractivity contribution < 1.29 is 19.0 Å². The van der Waals surface area contributed by atoms with Crippen molar-refractivity contribution in [2.75, 3.05) is 6.54 Å². The zero-order chi connectivity index (χ0) is 16.8. The van der Waals surface area contributed by atoms with Gasteiger partial charge in [0.2, 0.25) is 5.95 Å². The van der Waals surface area contributed by atoms with Gasteiger partial charge in [-0.2, -0.15) is 4.39 Å². The number of nitrogens with zero attached hydrogens (tertiary/aromatic N) is 1. The monoisotopic (exact) mass is 318 g/mol. The number of rotatable bonds is 6. The molecule has 0 radical (unpaired) electrons. The van der Waals surface area contributed by atoms with E-state index in [4.69, 9.17) is 4.74 Å². The van der Waals surface area contributed by atoms with Crippen molar-refractivity contribution in [2.24, 2.45) is 0 Å². The Kier molecular flexibility index (Phi) is 5.65. The second-order valence-electron chi connectivity index (χ2n) is 5.31. The number of amides is 1. The summed E-state index contributed by atoms with van der Waals surface area (Å²) >= 11 is 0. The molecule has 0 saturated carbocycles. The fraction of sp³-hybridized carbons (Fsp3) is 0.294. The van der Waals surface area contributed by atoms with E-state index in [0.717, 1.165) is 6.07 Å². The van der Waals surface area contributed by atoms with E-state index >= 15 is 0 Å². The number of aromatic nitrogens is 1. The Morgan fingerprint density at radius 2 is 2.04 bits per heavy atom. The molecule has 2 aromatic rings. The second kappa shape index (κ2) is 7.69. The molecule has 1 amide bonds. The lowest BCUT2D eigenvalue weighted by atomic mass is 10.1. The van der Waals surface area contributed by atoms with E-state index < -0.39 is 18.0 Å². The van der Waals surface area contributed by atoms with Crippen LogP contribution in [0.15, 0.2) is 42.5 Å². The van der Waals surface area contributed by atoms with Crippen LogP contribution in [0.2, 0.25) is 0 Å². The largest absolute Gasteiger partial charge is 0.491 e. The highest BCUT2D eigenvalue weighted by atomic mass is 19.1. The van der Waals surface area contributed by atoms with E-state index in [1.165, 1.54) is 12.1 Å². The van der Waals surface area contributed by atoms with Crippen LogP contribution in [0.4, 0.5) is 4.39 Å². The minimum atomic E-state index is -0.900. The Labute approximate surface area is 134 Å². The lowest BCUT2D eigenvalue weighted by molar-refractivity contribution is 0.0910. The van der Waals surface area contributed by atoms with Crippen LogP contribution in [0.3, 0.4) is 0 Å². The Morgan fingerprint density at radius 3 is 2.74 bits per heavy atom. The van der Waals surface area contributed by atoms with Gasteiger partial charge in [-0.15, -0.1) is 0 Å². The molecule has 0 aliphatic rings. The molecule has 1 atom stereocenters. The molecule has 2 N–H and O–H groups in total. The minimum Gasteiger partial charge on any atom is -0.491 e. The average Bonchev–Trinajstić information content (AvgIpc) is 2.52. The highest BCUT2D eigenvalue weighted by Crippen LogP contribution is 2.20. The van der Waals surface area contributed by atoms with Gasteiger partial charge in [0.05, 0.1) is 12.2 Å². The summed E-state index contributed by atoms with van der Waals surface area (Å²) in [7, 11) is 0. The topological polar surface area (TPSA) is 71.5 Å². The normalized spacial score (nSPS) is 12.0. The number of hydrogen-bond donors (Lipinski definition) is 2. The predicted molar refractivity (Wildman–Crippen MR) is 83.7 cm³/mol. The Balaban J connectivity index is 1.96. The molecular formula is C17H19FN2O3. The van der Waals surface area contributed by atoms with E-state index in [2.05, 4.69) is 10.3 Å². The van der Waals surface area contributed by atoms with Gasteiger partial charge in [0.1, 0.15) is 11.4 Å². The SMILES string of the molecule is CC(C)Oc1cccc(C(O)CNC(=O)c2cccc(F)n2)c1. The summed E-state index contributed by atoms with van der Waals surface area (Å²) in [5, 5.41) is 12.7. The standard InChI is InChI=1S/C17H19FN2O3/c1-11(2)23-13-6-3-5-12(9-13)15(21)10-19-17(22)14-7-4-8-16(18)20-14/h3-9,11,15,21H,10H2,1-2H3,(H,19,22). The number of pyridine rings is 1. The van der Waals surface area contributed by atoms with Gasteiger partial charge in [-0.3, -0.25) is 4.79 Å². The number of aliphatic hydroxyl groups is 1. The smallest absolute Gasteiger partial charge is 0.270 e. The van der Waals surface area contributed by atoms with E-state index in [1.807, 2.05) is 13.8 Å². The van der Waals surface area contributed by atoms with E-state index in [1.54, 1.807) is 24.3 Å². The van der Waals surface area contributed by atoms with Gasteiger partial charge in [0.15, 0.2) is 0 Å². The maximum atomic E-state index is 13.0. The highest BCUT2D eigenvalue weighted by Gasteiger charge is 2.13. The summed E-state index contributed by atoms with van der Waals surface area (Å²) in [6.07, 6.45) is -0.871. The quantitative estimate of drug-likeness (QED) is 0.803. The van der Waals surface area contributed by atoms with E-state index in [9.17, 15) is 14.3 Å². The van der Waals surface area contributed by atoms with Crippen LogP contribution < -0.4 is 10.1 Å². The number of carbonyl (C=O) groups excluding carboxylic acids is 1. The Morgan fingerprint density at radius 1 is 1.30 bits per heavy atom. The molecule has 2 rings (SSSR count). The lowest BCUT2D eigenvalue weighted by Gasteiger charge is -2.15. The van der Waals surface area contributed by atoms with Crippen molar-refractivity contribution in [1.82, 2.24) is 10.3 Å².